The van der Waals surface area contributed by atoms with Gasteiger partial charge in [-0.3, -0.25) is 9.59 Å². The Morgan fingerprint density at radius 3 is 2.82 bits per heavy atom. The molecule has 0 aliphatic carbocycles. The van der Waals surface area contributed by atoms with E-state index < -0.39 is 0 Å². The molecule has 3 rings (SSSR count). The van der Waals surface area contributed by atoms with E-state index in [1.165, 1.54) is 4.80 Å². The predicted molar refractivity (Wildman–Crippen MR) is 107 cm³/mol. The number of carbonyl (C=O) groups is 2. The molecule has 0 aliphatic rings. The molecule has 3 aromatic rings. The summed E-state index contributed by atoms with van der Waals surface area (Å²) in [6.07, 6.45) is 0.0311. The molecular weight excluding hydrogens is 426 g/mol. The monoisotopic (exact) mass is 445 g/mol. The van der Waals surface area contributed by atoms with E-state index in [1.54, 1.807) is 32.2 Å². The lowest BCUT2D eigenvalue weighted by Gasteiger charge is -2.05. The van der Waals surface area contributed by atoms with E-state index in [-0.39, 0.29) is 18.1 Å². The number of rotatable bonds is 7. The van der Waals surface area contributed by atoms with Crippen molar-refractivity contribution in [2.45, 2.75) is 19.9 Å². The maximum Gasteiger partial charge on any atom is 0.225 e. The van der Waals surface area contributed by atoms with Crippen molar-refractivity contribution in [1.82, 2.24) is 30.5 Å². The van der Waals surface area contributed by atoms with E-state index in [0.717, 1.165) is 4.47 Å². The van der Waals surface area contributed by atoms with Gasteiger partial charge in [-0.25, -0.2) is 0 Å². The first-order chi connectivity index (χ1) is 13.4. The summed E-state index contributed by atoms with van der Waals surface area (Å²) >= 11 is 3.39. The molecule has 28 heavy (non-hydrogen) atoms. The molecule has 10 heteroatoms. The number of carbonyl (C=O) groups excluding carboxylic acids is 2. The van der Waals surface area contributed by atoms with E-state index in [1.807, 2.05) is 6.07 Å². The Kier molecular flexibility index (Phi) is 6.00. The van der Waals surface area contributed by atoms with Crippen molar-refractivity contribution in [1.29, 1.82) is 0 Å². The number of nitrogens with one attached hydrogen (secondary N) is 2. The Hall–Kier alpha value is -2.85. The van der Waals surface area contributed by atoms with E-state index in [9.17, 15) is 9.59 Å². The molecule has 0 bridgehead atoms. The van der Waals surface area contributed by atoms with Gasteiger partial charge in [0.25, 0.3) is 0 Å². The summed E-state index contributed by atoms with van der Waals surface area (Å²) in [7, 11) is 1.55. The summed E-state index contributed by atoms with van der Waals surface area (Å²) in [5.41, 5.74) is 8.20. The molecule has 146 valence electrons. The van der Waals surface area contributed by atoms with Crippen LogP contribution in [0.1, 0.15) is 27.2 Å². The van der Waals surface area contributed by atoms with Gasteiger partial charge in [-0.1, -0.05) is 28.1 Å². The summed E-state index contributed by atoms with van der Waals surface area (Å²) in [6, 6.07) is 7.11. The van der Waals surface area contributed by atoms with E-state index in [2.05, 4.69) is 41.6 Å². The molecule has 0 aliphatic heterocycles. The fourth-order valence-electron chi connectivity index (χ4n) is 2.90. The SMILES string of the molecule is CNC(=O)Cc1[nH]c(-c2nnn(CCN)n2)c(C)c1C(=O)c1cccc(Br)c1. The average molecular weight is 446 g/mol. The lowest BCUT2D eigenvalue weighted by molar-refractivity contribution is -0.120. The number of aromatic amines is 1. The largest absolute Gasteiger partial charge is 0.359 e. The smallest absolute Gasteiger partial charge is 0.225 e. The molecule has 0 fully saturated rings. The summed E-state index contributed by atoms with van der Waals surface area (Å²) < 4.78 is 0.797. The van der Waals surface area contributed by atoms with Crippen LogP contribution in [0.5, 0.6) is 0 Å². The molecule has 1 aromatic carbocycles. The third-order valence-corrected chi connectivity index (χ3v) is 4.76. The van der Waals surface area contributed by atoms with Crippen LogP contribution in [-0.4, -0.2) is 50.5 Å². The minimum atomic E-state index is -0.212. The fraction of sp³-hybridized carbons (Fsp3) is 0.278. The van der Waals surface area contributed by atoms with Crippen molar-refractivity contribution in [2.75, 3.05) is 13.6 Å². The number of ketones is 1. The van der Waals surface area contributed by atoms with Crippen molar-refractivity contribution < 1.29 is 9.59 Å². The number of hydrogen-bond acceptors (Lipinski definition) is 6. The fourth-order valence-corrected chi connectivity index (χ4v) is 3.30. The van der Waals surface area contributed by atoms with Crippen LogP contribution in [0.15, 0.2) is 28.7 Å². The first kappa shape index (κ1) is 19.9. The molecule has 0 unspecified atom stereocenters. The number of aromatic nitrogens is 5. The summed E-state index contributed by atoms with van der Waals surface area (Å²) in [4.78, 5) is 29.7. The maximum absolute atomic E-state index is 13.2. The number of nitrogens with zero attached hydrogens (tertiary/aromatic N) is 4. The third kappa shape index (κ3) is 4.02. The van der Waals surface area contributed by atoms with Crippen LogP contribution in [0.3, 0.4) is 0 Å². The van der Waals surface area contributed by atoms with Gasteiger partial charge >= 0.3 is 0 Å². The maximum atomic E-state index is 13.2. The van der Waals surface area contributed by atoms with E-state index in [0.29, 0.717) is 47.0 Å². The van der Waals surface area contributed by atoms with Crippen molar-refractivity contribution >= 4 is 27.6 Å². The first-order valence-corrected chi connectivity index (χ1v) is 9.44. The van der Waals surface area contributed by atoms with Gasteiger partial charge in [0.1, 0.15) is 0 Å². The van der Waals surface area contributed by atoms with Crippen molar-refractivity contribution in [3.05, 3.63) is 51.1 Å². The van der Waals surface area contributed by atoms with Crippen LogP contribution in [-0.2, 0) is 17.8 Å². The highest BCUT2D eigenvalue weighted by Crippen LogP contribution is 2.28. The van der Waals surface area contributed by atoms with Gasteiger partial charge in [-0.15, -0.1) is 10.2 Å². The van der Waals surface area contributed by atoms with Crippen molar-refractivity contribution in [3.63, 3.8) is 0 Å². The number of hydrogen-bond donors (Lipinski definition) is 3. The normalized spacial score (nSPS) is 10.9. The highest BCUT2D eigenvalue weighted by atomic mass is 79.9. The second-order valence-electron chi connectivity index (χ2n) is 6.17. The van der Waals surface area contributed by atoms with Crippen LogP contribution in [0, 0.1) is 6.92 Å². The Labute approximate surface area is 169 Å². The predicted octanol–water partition coefficient (Wildman–Crippen LogP) is 1.22. The van der Waals surface area contributed by atoms with Crippen LogP contribution in [0.4, 0.5) is 0 Å². The van der Waals surface area contributed by atoms with Crippen LogP contribution in [0.25, 0.3) is 11.5 Å². The zero-order valence-corrected chi connectivity index (χ0v) is 17.1. The lowest BCUT2D eigenvalue weighted by atomic mass is 9.98. The minimum Gasteiger partial charge on any atom is -0.359 e. The molecule has 0 spiro atoms. The number of halogens is 1. The van der Waals surface area contributed by atoms with Gasteiger partial charge in [-0.2, -0.15) is 4.80 Å². The van der Waals surface area contributed by atoms with Crippen molar-refractivity contribution in [2.24, 2.45) is 5.73 Å². The van der Waals surface area contributed by atoms with Gasteiger partial charge in [-0.05, 0) is 29.8 Å². The lowest BCUT2D eigenvalue weighted by Crippen LogP contribution is -2.21. The Balaban J connectivity index is 2.09. The Bertz CT molecular complexity index is 1020. The van der Waals surface area contributed by atoms with E-state index in [4.69, 9.17) is 5.73 Å². The molecule has 2 aromatic heterocycles. The molecule has 0 saturated carbocycles. The molecule has 9 nitrogen and oxygen atoms in total. The molecule has 0 atom stereocenters. The van der Waals surface area contributed by atoms with Crippen molar-refractivity contribution in [3.8, 4) is 11.5 Å². The van der Waals surface area contributed by atoms with Gasteiger partial charge in [0.2, 0.25) is 11.7 Å². The summed E-state index contributed by atoms with van der Waals surface area (Å²) in [5.74, 6) is -0.0530. The van der Waals surface area contributed by atoms with Crippen LogP contribution >= 0.6 is 15.9 Å². The quantitative estimate of drug-likeness (QED) is 0.468. The number of likely N-dealkylation sites (N-methyl/N-ethyl adjacent to an activating group) is 1. The number of H-pyrrole nitrogens is 1. The molecule has 1 amide bonds. The first-order valence-electron chi connectivity index (χ1n) is 8.65. The highest BCUT2D eigenvalue weighted by molar-refractivity contribution is 9.10. The van der Waals surface area contributed by atoms with Gasteiger partial charge in [0.15, 0.2) is 5.78 Å². The number of benzene rings is 1. The second kappa shape index (κ2) is 8.44. The molecule has 4 N–H and O–H groups in total. The standard InChI is InChI=1S/C18H20BrN7O2/c1-10-15(17(28)11-4-3-5-12(19)8-11)13(9-14(27)21-2)22-16(10)18-23-25-26(24-18)7-6-20/h3-5,8,22H,6-7,9,20H2,1-2H3,(H,21,27). The van der Waals surface area contributed by atoms with E-state index >= 15 is 0 Å². The Morgan fingerprint density at radius 1 is 1.36 bits per heavy atom. The van der Waals surface area contributed by atoms with Gasteiger partial charge in [0.05, 0.1) is 18.7 Å². The van der Waals surface area contributed by atoms with Gasteiger partial charge in [0, 0.05) is 34.9 Å². The highest BCUT2D eigenvalue weighted by Gasteiger charge is 2.25. The topological polar surface area (TPSA) is 132 Å². The zero-order chi connectivity index (χ0) is 20.3. The third-order valence-electron chi connectivity index (χ3n) is 4.26. The summed E-state index contributed by atoms with van der Waals surface area (Å²) in [5, 5.41) is 14.9. The average Bonchev–Trinajstić information content (AvgIpc) is 3.26. The Morgan fingerprint density at radius 2 is 2.14 bits per heavy atom. The van der Waals surface area contributed by atoms with Crippen LogP contribution in [0.2, 0.25) is 0 Å². The zero-order valence-electron chi connectivity index (χ0n) is 15.5. The molecule has 2 heterocycles. The molecule has 0 radical (unpaired) electrons. The number of amides is 1. The van der Waals surface area contributed by atoms with Gasteiger partial charge < -0.3 is 16.0 Å². The van der Waals surface area contributed by atoms with Crippen LogP contribution < -0.4 is 11.1 Å². The second-order valence-corrected chi connectivity index (χ2v) is 7.08. The summed E-state index contributed by atoms with van der Waals surface area (Å²) in [6.45, 7) is 2.61. The number of tetrazole rings is 1. The number of nitrogens with two attached hydrogens (primary N) is 1. The molecule has 0 saturated heterocycles. The minimum absolute atomic E-state index is 0.0311. The molecular formula is C18H20BrN7O2.